The van der Waals surface area contributed by atoms with Gasteiger partial charge in [-0.2, -0.15) is 0 Å². The molecular formula is C13H13ClO3. The Labute approximate surface area is 105 Å². The number of hydrogen-bond acceptors (Lipinski definition) is 3. The zero-order valence-electron chi connectivity index (χ0n) is 9.53. The van der Waals surface area contributed by atoms with Crippen molar-refractivity contribution in [1.82, 2.24) is 0 Å². The van der Waals surface area contributed by atoms with E-state index in [-0.39, 0.29) is 18.8 Å². The van der Waals surface area contributed by atoms with E-state index >= 15 is 0 Å². The third-order valence-electron chi connectivity index (χ3n) is 2.91. The molecule has 2 rings (SSSR count). The third kappa shape index (κ3) is 2.86. The normalized spacial score (nSPS) is 17.1. The van der Waals surface area contributed by atoms with Crippen LogP contribution in [0.5, 0.6) is 0 Å². The quantitative estimate of drug-likeness (QED) is 0.600. The van der Waals surface area contributed by atoms with E-state index in [1.165, 1.54) is 0 Å². The van der Waals surface area contributed by atoms with Crippen LogP contribution in [0.4, 0.5) is 0 Å². The van der Waals surface area contributed by atoms with Crippen LogP contribution < -0.4 is 0 Å². The number of cyclic esters (lactones) is 2. The highest BCUT2D eigenvalue weighted by molar-refractivity contribution is 6.30. The number of ether oxygens (including phenoxy) is 1. The van der Waals surface area contributed by atoms with Gasteiger partial charge in [-0.05, 0) is 29.7 Å². The first-order chi connectivity index (χ1) is 8.08. The molecule has 0 aromatic heterocycles. The van der Waals surface area contributed by atoms with Crippen LogP contribution in [-0.4, -0.2) is 11.9 Å². The maximum Gasteiger partial charge on any atom is 0.314 e. The molecule has 1 aromatic carbocycles. The molecule has 1 aliphatic rings. The molecule has 1 heterocycles. The Morgan fingerprint density at radius 3 is 2.47 bits per heavy atom. The predicted molar refractivity (Wildman–Crippen MR) is 63.9 cm³/mol. The summed E-state index contributed by atoms with van der Waals surface area (Å²) >= 11 is 6.02. The Kier molecular flexibility index (Phi) is 3.48. The molecular weight excluding hydrogens is 240 g/mol. The third-order valence-corrected chi connectivity index (χ3v) is 3.13. The van der Waals surface area contributed by atoms with E-state index in [0.717, 1.165) is 17.5 Å². The molecule has 17 heavy (non-hydrogen) atoms. The van der Waals surface area contributed by atoms with Crippen LogP contribution >= 0.6 is 11.6 Å². The summed E-state index contributed by atoms with van der Waals surface area (Å²) in [7, 11) is 0. The van der Waals surface area contributed by atoms with Gasteiger partial charge in [-0.1, -0.05) is 24.6 Å². The lowest BCUT2D eigenvalue weighted by molar-refractivity contribution is -0.163. The highest BCUT2D eigenvalue weighted by atomic mass is 35.5. The summed E-state index contributed by atoms with van der Waals surface area (Å²) in [5, 5.41) is 0.644. The number of carbonyl (C=O) groups excluding carboxylic acids is 2. The number of rotatable bonds is 2. The molecule has 0 N–H and O–H groups in total. The second kappa shape index (κ2) is 4.88. The summed E-state index contributed by atoms with van der Waals surface area (Å²) in [4.78, 5) is 22.4. The Morgan fingerprint density at radius 1 is 1.24 bits per heavy atom. The maximum absolute atomic E-state index is 11.2. The van der Waals surface area contributed by atoms with Crippen molar-refractivity contribution in [3.05, 3.63) is 34.3 Å². The molecule has 0 radical (unpaired) electrons. The Hall–Kier alpha value is -1.35. The monoisotopic (exact) mass is 252 g/mol. The van der Waals surface area contributed by atoms with Crippen LogP contribution in [0.1, 0.15) is 36.8 Å². The number of hydrogen-bond donors (Lipinski definition) is 0. The average molecular weight is 253 g/mol. The molecule has 0 atom stereocenters. The van der Waals surface area contributed by atoms with Gasteiger partial charge in [-0.3, -0.25) is 9.59 Å². The zero-order valence-corrected chi connectivity index (χ0v) is 10.3. The van der Waals surface area contributed by atoms with Crippen LogP contribution in [0.2, 0.25) is 5.02 Å². The van der Waals surface area contributed by atoms with Crippen molar-refractivity contribution in [3.63, 3.8) is 0 Å². The molecule has 4 heteroatoms. The SMILES string of the molecule is CCc1cc(Cl)cc(C2CC(=O)OC(=O)C2)c1. The fourth-order valence-electron chi connectivity index (χ4n) is 2.04. The lowest BCUT2D eigenvalue weighted by Gasteiger charge is -2.20. The van der Waals surface area contributed by atoms with Crippen molar-refractivity contribution >= 4 is 23.5 Å². The highest BCUT2D eigenvalue weighted by Crippen LogP contribution is 2.30. The highest BCUT2D eigenvalue weighted by Gasteiger charge is 2.28. The summed E-state index contributed by atoms with van der Waals surface area (Å²) in [6.45, 7) is 2.04. The molecule has 0 spiro atoms. The van der Waals surface area contributed by atoms with Gasteiger partial charge in [0.1, 0.15) is 0 Å². The van der Waals surface area contributed by atoms with Crippen LogP contribution in [0.15, 0.2) is 18.2 Å². The largest absolute Gasteiger partial charge is 0.393 e. The Morgan fingerprint density at radius 2 is 1.88 bits per heavy atom. The first-order valence-electron chi connectivity index (χ1n) is 5.61. The molecule has 1 aliphatic heterocycles. The maximum atomic E-state index is 11.2. The van der Waals surface area contributed by atoms with E-state index in [2.05, 4.69) is 4.74 Å². The number of benzene rings is 1. The van der Waals surface area contributed by atoms with Crippen molar-refractivity contribution in [3.8, 4) is 0 Å². The van der Waals surface area contributed by atoms with Gasteiger partial charge in [0.25, 0.3) is 0 Å². The zero-order chi connectivity index (χ0) is 12.4. The molecule has 1 fully saturated rings. The summed E-state index contributed by atoms with van der Waals surface area (Å²) in [6.07, 6.45) is 1.36. The first kappa shape index (κ1) is 12.1. The van der Waals surface area contributed by atoms with Crippen molar-refractivity contribution in [2.45, 2.75) is 32.1 Å². The lowest BCUT2D eigenvalue weighted by Crippen LogP contribution is -2.24. The molecule has 0 bridgehead atoms. The molecule has 0 aliphatic carbocycles. The van der Waals surface area contributed by atoms with Gasteiger partial charge in [0.05, 0.1) is 12.8 Å². The smallest absolute Gasteiger partial charge is 0.314 e. The molecule has 0 unspecified atom stereocenters. The summed E-state index contributed by atoms with van der Waals surface area (Å²) < 4.78 is 4.51. The second-order valence-electron chi connectivity index (χ2n) is 4.20. The van der Waals surface area contributed by atoms with E-state index in [1.807, 2.05) is 25.1 Å². The minimum absolute atomic E-state index is 0.104. The van der Waals surface area contributed by atoms with Crippen molar-refractivity contribution in [2.24, 2.45) is 0 Å². The van der Waals surface area contributed by atoms with Gasteiger partial charge in [-0.15, -0.1) is 0 Å². The Balaban J connectivity index is 2.29. The number of esters is 2. The second-order valence-corrected chi connectivity index (χ2v) is 4.63. The molecule has 0 amide bonds. The van der Waals surface area contributed by atoms with E-state index in [1.54, 1.807) is 0 Å². The fourth-order valence-corrected chi connectivity index (χ4v) is 2.30. The predicted octanol–water partition coefficient (Wildman–Crippen LogP) is 2.85. The van der Waals surface area contributed by atoms with Gasteiger partial charge in [-0.25, -0.2) is 0 Å². The number of aryl methyl sites for hydroxylation is 1. The molecule has 90 valence electrons. The van der Waals surface area contributed by atoms with Gasteiger partial charge in [0.2, 0.25) is 0 Å². The van der Waals surface area contributed by atoms with Gasteiger partial charge in [0, 0.05) is 10.9 Å². The average Bonchev–Trinajstić information content (AvgIpc) is 2.26. The first-order valence-corrected chi connectivity index (χ1v) is 5.99. The van der Waals surface area contributed by atoms with Gasteiger partial charge in [0.15, 0.2) is 0 Å². The van der Waals surface area contributed by atoms with Crippen molar-refractivity contribution in [1.29, 1.82) is 0 Å². The summed E-state index contributed by atoms with van der Waals surface area (Å²) in [5.74, 6) is -1.01. The van der Waals surface area contributed by atoms with Crippen molar-refractivity contribution < 1.29 is 14.3 Å². The van der Waals surface area contributed by atoms with Crippen LogP contribution in [0, 0.1) is 0 Å². The number of carbonyl (C=O) groups is 2. The standard InChI is InChI=1S/C13H13ClO3/c1-2-8-3-9(5-11(14)4-8)10-6-12(15)17-13(16)7-10/h3-5,10H,2,6-7H2,1H3. The minimum Gasteiger partial charge on any atom is -0.393 e. The number of halogens is 1. The van der Waals surface area contributed by atoms with Crippen LogP contribution in [-0.2, 0) is 20.7 Å². The molecule has 3 nitrogen and oxygen atoms in total. The Bertz CT molecular complexity index is 452. The van der Waals surface area contributed by atoms with E-state index in [4.69, 9.17) is 11.6 Å². The molecule has 1 saturated heterocycles. The van der Waals surface area contributed by atoms with Crippen molar-refractivity contribution in [2.75, 3.05) is 0 Å². The summed E-state index contributed by atoms with van der Waals surface area (Å²) in [6, 6.07) is 5.72. The van der Waals surface area contributed by atoms with Gasteiger partial charge < -0.3 is 4.74 Å². The minimum atomic E-state index is -0.454. The van der Waals surface area contributed by atoms with E-state index < -0.39 is 11.9 Å². The molecule has 0 saturated carbocycles. The topological polar surface area (TPSA) is 43.4 Å². The van der Waals surface area contributed by atoms with E-state index in [0.29, 0.717) is 5.02 Å². The lowest BCUT2D eigenvalue weighted by atomic mass is 9.90. The van der Waals surface area contributed by atoms with Crippen LogP contribution in [0.3, 0.4) is 0 Å². The van der Waals surface area contributed by atoms with Crippen LogP contribution in [0.25, 0.3) is 0 Å². The molecule has 1 aromatic rings. The van der Waals surface area contributed by atoms with Gasteiger partial charge >= 0.3 is 11.9 Å². The van der Waals surface area contributed by atoms with E-state index in [9.17, 15) is 9.59 Å². The fraction of sp³-hybridized carbons (Fsp3) is 0.385. The summed E-state index contributed by atoms with van der Waals surface area (Å²) in [5.41, 5.74) is 2.05.